The van der Waals surface area contributed by atoms with Crippen LogP contribution in [0.4, 0.5) is 10.7 Å². The molecule has 2 N–H and O–H groups in total. The van der Waals surface area contributed by atoms with Crippen molar-refractivity contribution in [2.45, 2.75) is 20.0 Å². The number of carbonyl (C=O) groups is 1. The normalized spacial score (nSPS) is 12.8. The van der Waals surface area contributed by atoms with Crippen molar-refractivity contribution in [3.05, 3.63) is 28.4 Å². The maximum Gasteiger partial charge on any atom is 0.410 e. The van der Waals surface area contributed by atoms with Crippen molar-refractivity contribution in [3.8, 4) is 17.0 Å². The molecule has 0 aliphatic carbocycles. The zero-order valence-electron chi connectivity index (χ0n) is 14.7. The first-order valence-electron chi connectivity index (χ1n) is 8.29. The molecule has 10 heteroatoms. The number of carbonyl (C=O) groups excluding carboxylic acids is 1. The molecule has 0 saturated heterocycles. The number of hydrogen-bond acceptors (Lipinski definition) is 6. The fourth-order valence-corrected chi connectivity index (χ4v) is 3.20. The predicted molar refractivity (Wildman–Crippen MR) is 105 cm³/mol. The van der Waals surface area contributed by atoms with E-state index in [2.05, 4.69) is 9.97 Å². The first kappa shape index (κ1) is 19.6. The Morgan fingerprint density at radius 2 is 2.15 bits per heavy atom. The summed E-state index contributed by atoms with van der Waals surface area (Å²) in [4.78, 5) is 22.2. The fraction of sp³-hybridized carbons (Fsp3) is 0.353. The number of nitrogens with zero attached hydrogens (tertiary/aromatic N) is 3. The third-order valence-corrected chi connectivity index (χ3v) is 4.48. The molecule has 1 aliphatic heterocycles. The third-order valence-electron chi connectivity index (χ3n) is 4.01. The van der Waals surface area contributed by atoms with Crippen LogP contribution in [0.3, 0.4) is 0 Å². The zero-order chi connectivity index (χ0) is 19.6. The molecular formula is C17H17BCl2N4O3. The highest BCUT2D eigenvalue weighted by Crippen LogP contribution is 2.36. The number of nitrogen functional groups attached to an aromatic ring is 1. The highest BCUT2D eigenvalue weighted by Gasteiger charge is 2.30. The minimum Gasteiger partial charge on any atom is -0.493 e. The number of fused-ring (bicyclic) bond motifs is 1. The van der Waals surface area contributed by atoms with Gasteiger partial charge in [0.25, 0.3) is 0 Å². The van der Waals surface area contributed by atoms with Crippen LogP contribution >= 0.6 is 23.2 Å². The summed E-state index contributed by atoms with van der Waals surface area (Å²) in [5.41, 5.74) is 8.80. The Morgan fingerprint density at radius 1 is 1.37 bits per heavy atom. The summed E-state index contributed by atoms with van der Waals surface area (Å²) in [7, 11) is 5.97. The molecule has 2 aromatic rings. The van der Waals surface area contributed by atoms with Gasteiger partial charge < -0.3 is 15.2 Å². The smallest absolute Gasteiger partial charge is 0.410 e. The van der Waals surface area contributed by atoms with Crippen molar-refractivity contribution < 1.29 is 14.3 Å². The van der Waals surface area contributed by atoms with Gasteiger partial charge in [0.05, 0.1) is 37.0 Å². The van der Waals surface area contributed by atoms with Crippen LogP contribution in [-0.4, -0.2) is 47.9 Å². The Kier molecular flexibility index (Phi) is 5.96. The van der Waals surface area contributed by atoms with Gasteiger partial charge in [-0.25, -0.2) is 14.8 Å². The van der Waals surface area contributed by atoms with Crippen LogP contribution in [0.2, 0.25) is 5.02 Å². The molecule has 27 heavy (non-hydrogen) atoms. The van der Waals surface area contributed by atoms with Gasteiger partial charge in [-0.3, -0.25) is 4.90 Å². The highest BCUT2D eigenvalue weighted by molar-refractivity contribution is 6.39. The maximum absolute atomic E-state index is 12.1. The average Bonchev–Trinajstić information content (AvgIpc) is 3.05. The number of halogens is 2. The van der Waals surface area contributed by atoms with Gasteiger partial charge in [-0.1, -0.05) is 17.1 Å². The molecule has 1 aromatic heterocycles. The SMILES string of the molecule is [B]c1cc(Cl)c(-c2nc(N)nc3c2CN(C(=O)OCC)C3)cc1OCCCl. The van der Waals surface area contributed by atoms with Crippen LogP contribution in [0.25, 0.3) is 11.3 Å². The molecule has 0 spiro atoms. The van der Waals surface area contributed by atoms with E-state index in [0.717, 1.165) is 5.56 Å². The molecule has 1 aliphatic rings. The van der Waals surface area contributed by atoms with E-state index in [1.54, 1.807) is 19.1 Å². The lowest BCUT2D eigenvalue weighted by Crippen LogP contribution is -2.26. The number of anilines is 1. The molecule has 0 saturated carbocycles. The molecule has 7 nitrogen and oxygen atoms in total. The lowest BCUT2D eigenvalue weighted by Gasteiger charge is -2.15. The Hall–Kier alpha value is -2.19. The summed E-state index contributed by atoms with van der Waals surface area (Å²) >= 11 is 12.1. The number of alkyl halides is 1. The van der Waals surface area contributed by atoms with Gasteiger partial charge in [0.1, 0.15) is 20.2 Å². The van der Waals surface area contributed by atoms with E-state index in [4.69, 9.17) is 46.3 Å². The monoisotopic (exact) mass is 406 g/mol. The molecule has 2 radical (unpaired) electrons. The van der Waals surface area contributed by atoms with E-state index in [-0.39, 0.29) is 19.1 Å². The summed E-state index contributed by atoms with van der Waals surface area (Å²) < 4.78 is 10.6. The van der Waals surface area contributed by atoms with Gasteiger partial charge in [0.2, 0.25) is 5.95 Å². The fourth-order valence-electron chi connectivity index (χ4n) is 2.86. The minimum atomic E-state index is -0.422. The minimum absolute atomic E-state index is 0.0885. The first-order chi connectivity index (χ1) is 12.9. The average molecular weight is 407 g/mol. The van der Waals surface area contributed by atoms with E-state index in [1.165, 1.54) is 4.90 Å². The van der Waals surface area contributed by atoms with E-state index in [0.29, 0.717) is 52.2 Å². The number of hydrogen-bond donors (Lipinski definition) is 1. The lowest BCUT2D eigenvalue weighted by molar-refractivity contribution is 0.106. The van der Waals surface area contributed by atoms with Gasteiger partial charge in [-0.15, -0.1) is 11.6 Å². The zero-order valence-corrected chi connectivity index (χ0v) is 16.2. The molecule has 1 aromatic carbocycles. The summed E-state index contributed by atoms with van der Waals surface area (Å²) in [5, 5.41) is 0.389. The second-order valence-corrected chi connectivity index (χ2v) is 6.60. The van der Waals surface area contributed by atoms with Gasteiger partial charge in [0.15, 0.2) is 0 Å². The molecule has 0 atom stereocenters. The van der Waals surface area contributed by atoms with Crippen molar-refractivity contribution in [2.24, 2.45) is 0 Å². The highest BCUT2D eigenvalue weighted by atomic mass is 35.5. The van der Waals surface area contributed by atoms with Crippen molar-refractivity contribution in [1.29, 1.82) is 0 Å². The topological polar surface area (TPSA) is 90.6 Å². The Morgan fingerprint density at radius 3 is 2.85 bits per heavy atom. The number of nitrogens with two attached hydrogens (primary N) is 1. The lowest BCUT2D eigenvalue weighted by atomic mass is 9.92. The Bertz CT molecular complexity index is 882. The summed E-state index contributed by atoms with van der Waals surface area (Å²) in [6, 6.07) is 3.28. The number of rotatable bonds is 5. The largest absolute Gasteiger partial charge is 0.493 e. The molecule has 0 bridgehead atoms. The third kappa shape index (κ3) is 4.06. The van der Waals surface area contributed by atoms with Crippen molar-refractivity contribution >= 4 is 48.6 Å². The Labute approximate surface area is 168 Å². The first-order valence-corrected chi connectivity index (χ1v) is 9.21. The molecule has 0 unspecified atom stereocenters. The summed E-state index contributed by atoms with van der Waals surface area (Å²) in [5.74, 6) is 0.855. The second kappa shape index (κ2) is 8.23. The van der Waals surface area contributed by atoms with E-state index >= 15 is 0 Å². The predicted octanol–water partition coefficient (Wildman–Crippen LogP) is 2.26. The number of benzene rings is 1. The molecule has 3 rings (SSSR count). The molecule has 2 heterocycles. The van der Waals surface area contributed by atoms with Crippen LogP contribution in [0.1, 0.15) is 18.2 Å². The van der Waals surface area contributed by atoms with Crippen LogP contribution in [-0.2, 0) is 17.8 Å². The van der Waals surface area contributed by atoms with Crippen LogP contribution < -0.4 is 15.9 Å². The van der Waals surface area contributed by atoms with E-state index in [1.807, 2.05) is 0 Å². The standard InChI is InChI=1S/C17H17BCl2N4O3/c1-2-26-17(25)24-7-10-13(8-24)22-16(21)23-15(10)9-5-14(27-4-3-19)11(18)6-12(9)20/h5-6H,2-4,7-8H2,1H3,(H2,21,22,23). The quantitative estimate of drug-likeness (QED) is 0.604. The van der Waals surface area contributed by atoms with E-state index < -0.39 is 6.09 Å². The van der Waals surface area contributed by atoms with Gasteiger partial charge in [-0.05, 0) is 19.1 Å². The van der Waals surface area contributed by atoms with Gasteiger partial charge in [0, 0.05) is 16.1 Å². The van der Waals surface area contributed by atoms with Gasteiger partial charge >= 0.3 is 6.09 Å². The van der Waals surface area contributed by atoms with Crippen molar-refractivity contribution in [2.75, 3.05) is 24.8 Å². The molecule has 0 fully saturated rings. The van der Waals surface area contributed by atoms with Gasteiger partial charge in [-0.2, -0.15) is 0 Å². The molecular weight excluding hydrogens is 390 g/mol. The van der Waals surface area contributed by atoms with Crippen molar-refractivity contribution in [1.82, 2.24) is 14.9 Å². The van der Waals surface area contributed by atoms with Crippen LogP contribution in [0.5, 0.6) is 5.75 Å². The Balaban J connectivity index is 2.03. The second-order valence-electron chi connectivity index (χ2n) is 5.82. The molecule has 1 amide bonds. The summed E-state index contributed by atoms with van der Waals surface area (Å²) in [6.07, 6.45) is -0.422. The summed E-state index contributed by atoms with van der Waals surface area (Å²) in [6.45, 7) is 2.92. The number of aromatic nitrogens is 2. The maximum atomic E-state index is 12.1. The number of ether oxygens (including phenoxy) is 2. The molecule has 140 valence electrons. The van der Waals surface area contributed by atoms with Crippen LogP contribution in [0, 0.1) is 0 Å². The van der Waals surface area contributed by atoms with Crippen LogP contribution in [0.15, 0.2) is 12.1 Å². The van der Waals surface area contributed by atoms with E-state index in [9.17, 15) is 4.79 Å². The van der Waals surface area contributed by atoms with Crippen molar-refractivity contribution in [3.63, 3.8) is 0 Å². The number of amides is 1.